The number of amides is 1. The first kappa shape index (κ1) is 28.5. The molecule has 7 nitrogen and oxygen atoms in total. The van der Waals surface area contributed by atoms with E-state index < -0.39 is 47.0 Å². The van der Waals surface area contributed by atoms with E-state index in [1.54, 1.807) is 12.1 Å². The van der Waals surface area contributed by atoms with Gasteiger partial charge in [-0.05, 0) is 60.2 Å². The van der Waals surface area contributed by atoms with Gasteiger partial charge in [-0.15, -0.1) is 0 Å². The number of ketones is 2. The number of hydrogen-bond donors (Lipinski definition) is 4. The first-order chi connectivity index (χ1) is 18.0. The Kier molecular flexibility index (Phi) is 9.67. The third-order valence-corrected chi connectivity index (χ3v) is 6.51. The largest absolute Gasteiger partial charge is 0.504 e. The van der Waals surface area contributed by atoms with Gasteiger partial charge in [0.2, 0.25) is 5.91 Å². The van der Waals surface area contributed by atoms with Gasteiger partial charge in [0, 0.05) is 24.7 Å². The van der Waals surface area contributed by atoms with Crippen molar-refractivity contribution in [1.82, 2.24) is 0 Å². The van der Waals surface area contributed by atoms with Crippen LogP contribution in [0.15, 0.2) is 66.7 Å². The molecule has 0 heterocycles. The molecule has 3 unspecified atom stereocenters. The maximum Gasteiger partial charge on any atom is 0.221 e. The number of carbonyl (C=O) groups excluding carboxylic acids is 3. The summed E-state index contributed by atoms with van der Waals surface area (Å²) in [5.74, 6) is -5.48. The predicted octanol–water partition coefficient (Wildman–Crippen LogP) is 3.37. The van der Waals surface area contributed by atoms with Gasteiger partial charge < -0.3 is 21.7 Å². The normalized spacial score (nSPS) is 13.4. The van der Waals surface area contributed by atoms with Gasteiger partial charge in [0.25, 0.3) is 0 Å². The quantitative estimate of drug-likeness (QED) is 0.253. The molecule has 0 radical (unpaired) electrons. The Morgan fingerprint density at radius 1 is 0.711 bits per heavy atom. The lowest BCUT2D eigenvalue weighted by molar-refractivity contribution is -0.131. The Hall–Kier alpha value is -4.11. The molecular formula is C29H30F2N2O5. The van der Waals surface area contributed by atoms with Crippen molar-refractivity contribution in [3.05, 3.63) is 95.1 Å². The van der Waals surface area contributed by atoms with Crippen LogP contribution in [0.1, 0.15) is 29.5 Å². The summed E-state index contributed by atoms with van der Waals surface area (Å²) in [6.07, 6.45) is -0.822. The highest BCUT2D eigenvalue weighted by Crippen LogP contribution is 2.28. The molecule has 0 bridgehead atoms. The molecule has 0 aliphatic carbocycles. The van der Waals surface area contributed by atoms with Crippen molar-refractivity contribution < 1.29 is 33.4 Å². The molecule has 0 aromatic heterocycles. The van der Waals surface area contributed by atoms with E-state index in [-0.39, 0.29) is 54.7 Å². The fraction of sp³-hybridized carbons (Fsp3) is 0.276. The number of Topliss-reactive ketones (excluding diaryl/α,β-unsaturated/α-hetero) is 2. The number of halogens is 2. The molecule has 0 saturated carbocycles. The molecule has 6 N–H and O–H groups in total. The van der Waals surface area contributed by atoms with Crippen molar-refractivity contribution in [3.63, 3.8) is 0 Å². The second kappa shape index (κ2) is 12.9. The van der Waals surface area contributed by atoms with Crippen LogP contribution in [0.5, 0.6) is 11.5 Å². The minimum atomic E-state index is -1.09. The SMILES string of the molecule is NC(=O)C(CC(=O)C(CC(=O)C(N)Cc1ccccc1F)Cc1ccccc1F)Cc1ccc(O)c(O)c1. The zero-order valence-corrected chi connectivity index (χ0v) is 20.6. The van der Waals surface area contributed by atoms with E-state index in [0.29, 0.717) is 5.56 Å². The maximum atomic E-state index is 14.4. The Morgan fingerprint density at radius 2 is 1.26 bits per heavy atom. The highest BCUT2D eigenvalue weighted by Gasteiger charge is 2.30. The van der Waals surface area contributed by atoms with Gasteiger partial charge >= 0.3 is 0 Å². The molecule has 38 heavy (non-hydrogen) atoms. The Morgan fingerprint density at radius 3 is 1.82 bits per heavy atom. The van der Waals surface area contributed by atoms with Crippen LogP contribution in [0.25, 0.3) is 0 Å². The molecule has 9 heteroatoms. The standard InChI is InChI=1S/C29H30F2N2O5/c30-22-7-3-1-5-18(22)13-20(15-27(36)24(32)14-19-6-2-4-8-23(19)31)26(35)16-21(29(33)38)11-17-9-10-25(34)28(37)12-17/h1-10,12,20-21,24,34,37H,11,13-16,32H2,(H2,33,38). The van der Waals surface area contributed by atoms with E-state index in [1.165, 1.54) is 54.6 Å². The highest BCUT2D eigenvalue weighted by molar-refractivity contribution is 5.92. The first-order valence-corrected chi connectivity index (χ1v) is 12.1. The molecule has 3 rings (SSSR count). The average molecular weight is 525 g/mol. The fourth-order valence-electron chi connectivity index (χ4n) is 4.30. The smallest absolute Gasteiger partial charge is 0.221 e. The van der Waals surface area contributed by atoms with Crippen LogP contribution in [-0.4, -0.2) is 33.7 Å². The summed E-state index contributed by atoms with van der Waals surface area (Å²) >= 11 is 0. The molecule has 0 spiro atoms. The topological polar surface area (TPSA) is 144 Å². The fourth-order valence-corrected chi connectivity index (χ4v) is 4.30. The minimum Gasteiger partial charge on any atom is -0.504 e. The van der Waals surface area contributed by atoms with Crippen LogP contribution in [0.4, 0.5) is 8.78 Å². The second-order valence-corrected chi connectivity index (χ2v) is 9.36. The summed E-state index contributed by atoms with van der Waals surface area (Å²) in [7, 11) is 0. The number of aromatic hydroxyl groups is 2. The Bertz CT molecular complexity index is 1310. The van der Waals surface area contributed by atoms with Crippen molar-refractivity contribution in [1.29, 1.82) is 0 Å². The monoisotopic (exact) mass is 524 g/mol. The van der Waals surface area contributed by atoms with Crippen LogP contribution < -0.4 is 11.5 Å². The van der Waals surface area contributed by atoms with Gasteiger partial charge in [0.1, 0.15) is 17.4 Å². The molecule has 3 aromatic rings. The van der Waals surface area contributed by atoms with Crippen LogP contribution in [-0.2, 0) is 33.6 Å². The van der Waals surface area contributed by atoms with Gasteiger partial charge in [-0.1, -0.05) is 42.5 Å². The van der Waals surface area contributed by atoms with E-state index in [1.807, 2.05) is 0 Å². The maximum absolute atomic E-state index is 14.4. The number of benzene rings is 3. The van der Waals surface area contributed by atoms with E-state index in [2.05, 4.69) is 0 Å². The van der Waals surface area contributed by atoms with Crippen LogP contribution in [0.3, 0.4) is 0 Å². The van der Waals surface area contributed by atoms with E-state index in [9.17, 15) is 33.4 Å². The first-order valence-electron chi connectivity index (χ1n) is 12.1. The Labute approximate surface area is 219 Å². The van der Waals surface area contributed by atoms with E-state index in [0.717, 1.165) is 0 Å². The second-order valence-electron chi connectivity index (χ2n) is 9.36. The van der Waals surface area contributed by atoms with Gasteiger partial charge in [0.05, 0.1) is 6.04 Å². The predicted molar refractivity (Wildman–Crippen MR) is 137 cm³/mol. The van der Waals surface area contributed by atoms with Crippen molar-refractivity contribution in [3.8, 4) is 11.5 Å². The lowest BCUT2D eigenvalue weighted by atomic mass is 9.83. The van der Waals surface area contributed by atoms with Gasteiger partial charge in [-0.25, -0.2) is 8.78 Å². The number of nitrogens with two attached hydrogens (primary N) is 2. The zero-order chi connectivity index (χ0) is 27.8. The molecule has 0 saturated heterocycles. The number of hydrogen-bond acceptors (Lipinski definition) is 6. The number of primary amides is 1. The zero-order valence-electron chi connectivity index (χ0n) is 20.6. The molecule has 200 valence electrons. The van der Waals surface area contributed by atoms with Crippen molar-refractivity contribution in [2.75, 3.05) is 0 Å². The summed E-state index contributed by atoms with van der Waals surface area (Å²) in [5.41, 5.74) is 12.5. The van der Waals surface area contributed by atoms with E-state index in [4.69, 9.17) is 11.5 Å². The number of phenolic OH excluding ortho intramolecular Hbond substituents is 2. The van der Waals surface area contributed by atoms with Gasteiger partial charge in [0.15, 0.2) is 17.3 Å². The van der Waals surface area contributed by atoms with Crippen LogP contribution >= 0.6 is 0 Å². The molecule has 1 amide bonds. The summed E-state index contributed by atoms with van der Waals surface area (Å²) < 4.78 is 28.5. The van der Waals surface area contributed by atoms with Crippen molar-refractivity contribution in [2.45, 2.75) is 38.1 Å². The number of rotatable bonds is 13. The molecule has 0 aliphatic heterocycles. The van der Waals surface area contributed by atoms with Gasteiger partial charge in [-0.2, -0.15) is 0 Å². The molecule has 0 fully saturated rings. The third kappa shape index (κ3) is 7.69. The Balaban J connectivity index is 1.79. The molecular weight excluding hydrogens is 494 g/mol. The third-order valence-electron chi connectivity index (χ3n) is 6.51. The van der Waals surface area contributed by atoms with Crippen molar-refractivity contribution in [2.24, 2.45) is 23.3 Å². The lowest BCUT2D eigenvalue weighted by Crippen LogP contribution is -2.37. The number of carbonyl (C=O) groups is 3. The number of phenols is 2. The van der Waals surface area contributed by atoms with Crippen LogP contribution in [0, 0.1) is 23.5 Å². The average Bonchev–Trinajstić information content (AvgIpc) is 2.87. The summed E-state index contributed by atoms with van der Waals surface area (Å²) in [4.78, 5) is 38.5. The highest BCUT2D eigenvalue weighted by atomic mass is 19.1. The molecule has 3 atom stereocenters. The minimum absolute atomic E-state index is 0.00206. The summed E-state index contributed by atoms with van der Waals surface area (Å²) in [6, 6.07) is 14.7. The molecule has 0 aliphatic rings. The van der Waals surface area contributed by atoms with Gasteiger partial charge in [-0.3, -0.25) is 14.4 Å². The van der Waals surface area contributed by atoms with Crippen molar-refractivity contribution >= 4 is 17.5 Å². The van der Waals surface area contributed by atoms with Crippen LogP contribution in [0.2, 0.25) is 0 Å². The van der Waals surface area contributed by atoms with E-state index >= 15 is 0 Å². The lowest BCUT2D eigenvalue weighted by Gasteiger charge is -2.21. The summed E-state index contributed by atoms with van der Waals surface area (Å²) in [6.45, 7) is 0. The molecule has 3 aromatic carbocycles. The summed E-state index contributed by atoms with van der Waals surface area (Å²) in [5, 5.41) is 19.3.